The second-order valence-corrected chi connectivity index (χ2v) is 4.12. The molecule has 0 aliphatic rings. The van der Waals surface area contributed by atoms with E-state index in [4.69, 9.17) is 0 Å². The lowest BCUT2D eigenvalue weighted by atomic mass is 10.0. The first-order valence-corrected chi connectivity index (χ1v) is 5.84. The number of nitrogens with one attached hydrogen (secondary N) is 1. The fourth-order valence-corrected chi connectivity index (χ4v) is 1.87. The Morgan fingerprint density at radius 2 is 2.20 bits per heavy atom. The number of hydrogen-bond acceptors (Lipinski definition) is 2. The molecule has 1 aromatic rings. The lowest BCUT2D eigenvalue weighted by Gasteiger charge is -2.15. The zero-order valence-electron chi connectivity index (χ0n) is 10.1. The third kappa shape index (κ3) is 4.00. The maximum absolute atomic E-state index is 4.17. The molecule has 0 amide bonds. The van der Waals surface area contributed by atoms with Crippen LogP contribution in [0.3, 0.4) is 0 Å². The average molecular weight is 206 g/mol. The molecule has 1 atom stereocenters. The number of hydrogen-bond donors (Lipinski definition) is 1. The lowest BCUT2D eigenvalue weighted by Crippen LogP contribution is -2.25. The number of pyridine rings is 1. The topological polar surface area (TPSA) is 24.9 Å². The molecule has 0 saturated heterocycles. The first kappa shape index (κ1) is 12.2. The van der Waals surface area contributed by atoms with Gasteiger partial charge in [-0.15, -0.1) is 0 Å². The second kappa shape index (κ2) is 6.57. The predicted octanol–water partition coefficient (Wildman–Crippen LogP) is 2.71. The van der Waals surface area contributed by atoms with Crippen LogP contribution in [0, 0.1) is 6.92 Å². The Labute approximate surface area is 93.1 Å². The summed E-state index contributed by atoms with van der Waals surface area (Å²) in [6, 6.07) is 2.73. The van der Waals surface area contributed by atoms with Crippen LogP contribution in [-0.2, 0) is 6.42 Å². The highest BCUT2D eigenvalue weighted by atomic mass is 14.9. The summed E-state index contributed by atoms with van der Waals surface area (Å²) in [6.45, 7) is 4.39. The van der Waals surface area contributed by atoms with Crippen LogP contribution in [0.5, 0.6) is 0 Å². The van der Waals surface area contributed by atoms with Crippen molar-refractivity contribution >= 4 is 0 Å². The van der Waals surface area contributed by atoms with Crippen molar-refractivity contribution in [2.45, 2.75) is 45.6 Å². The molecule has 15 heavy (non-hydrogen) atoms. The molecule has 2 nitrogen and oxygen atoms in total. The van der Waals surface area contributed by atoms with Crippen LogP contribution in [0.25, 0.3) is 0 Å². The van der Waals surface area contributed by atoms with Crippen LogP contribution in [0.4, 0.5) is 0 Å². The normalized spacial score (nSPS) is 12.7. The van der Waals surface area contributed by atoms with Crippen molar-refractivity contribution in [1.82, 2.24) is 10.3 Å². The molecule has 2 heteroatoms. The van der Waals surface area contributed by atoms with Gasteiger partial charge >= 0.3 is 0 Å². The first-order valence-electron chi connectivity index (χ1n) is 5.84. The number of aromatic nitrogens is 1. The standard InChI is InChI=1S/C13H22N2/c1-4-5-13(14-3)7-6-12-10-15-9-8-11(12)2/h8-10,13-14H,4-7H2,1-3H3. The van der Waals surface area contributed by atoms with Crippen LogP contribution in [0.2, 0.25) is 0 Å². The third-order valence-corrected chi connectivity index (χ3v) is 2.96. The van der Waals surface area contributed by atoms with Gasteiger partial charge in [-0.3, -0.25) is 4.98 Å². The summed E-state index contributed by atoms with van der Waals surface area (Å²) in [5.41, 5.74) is 2.74. The van der Waals surface area contributed by atoms with Crippen molar-refractivity contribution in [2.24, 2.45) is 0 Å². The van der Waals surface area contributed by atoms with Crippen LogP contribution in [-0.4, -0.2) is 18.1 Å². The Hall–Kier alpha value is -0.890. The van der Waals surface area contributed by atoms with Crippen molar-refractivity contribution in [3.8, 4) is 0 Å². The van der Waals surface area contributed by atoms with E-state index in [-0.39, 0.29) is 0 Å². The van der Waals surface area contributed by atoms with Gasteiger partial charge < -0.3 is 5.32 Å². The summed E-state index contributed by atoms with van der Waals surface area (Å²) in [7, 11) is 2.05. The molecule has 1 N–H and O–H groups in total. The molecule has 0 aliphatic carbocycles. The molecule has 84 valence electrons. The van der Waals surface area contributed by atoms with Gasteiger partial charge in [0.2, 0.25) is 0 Å². The van der Waals surface area contributed by atoms with Gasteiger partial charge in [0.1, 0.15) is 0 Å². The molecule has 1 unspecified atom stereocenters. The Bertz CT molecular complexity index is 284. The van der Waals surface area contributed by atoms with Crippen LogP contribution in [0.15, 0.2) is 18.5 Å². The first-order chi connectivity index (χ1) is 7.27. The van der Waals surface area contributed by atoms with Crippen LogP contribution < -0.4 is 5.32 Å². The summed E-state index contributed by atoms with van der Waals surface area (Å²) in [5.74, 6) is 0. The Kier molecular flexibility index (Phi) is 5.33. The van der Waals surface area contributed by atoms with Gasteiger partial charge in [0.05, 0.1) is 0 Å². The van der Waals surface area contributed by atoms with Gasteiger partial charge in [0.25, 0.3) is 0 Å². The molecule has 0 fully saturated rings. The molecular weight excluding hydrogens is 184 g/mol. The molecule has 1 rings (SSSR count). The van der Waals surface area contributed by atoms with Gasteiger partial charge in [-0.25, -0.2) is 0 Å². The molecule has 0 bridgehead atoms. The van der Waals surface area contributed by atoms with E-state index in [0.717, 1.165) is 6.42 Å². The summed E-state index contributed by atoms with van der Waals surface area (Å²) in [5, 5.41) is 3.37. The molecule has 0 aromatic carbocycles. The summed E-state index contributed by atoms with van der Waals surface area (Å²) < 4.78 is 0. The maximum atomic E-state index is 4.17. The van der Waals surface area contributed by atoms with E-state index in [2.05, 4.69) is 37.3 Å². The Morgan fingerprint density at radius 3 is 2.80 bits per heavy atom. The van der Waals surface area contributed by atoms with E-state index < -0.39 is 0 Å². The van der Waals surface area contributed by atoms with E-state index >= 15 is 0 Å². The predicted molar refractivity (Wildman–Crippen MR) is 65.1 cm³/mol. The van der Waals surface area contributed by atoms with Crippen molar-refractivity contribution < 1.29 is 0 Å². The van der Waals surface area contributed by atoms with E-state index in [1.54, 1.807) is 0 Å². The maximum Gasteiger partial charge on any atom is 0.0302 e. The van der Waals surface area contributed by atoms with Gasteiger partial charge in [-0.1, -0.05) is 13.3 Å². The lowest BCUT2D eigenvalue weighted by molar-refractivity contribution is 0.483. The van der Waals surface area contributed by atoms with Gasteiger partial charge in [0, 0.05) is 18.4 Å². The highest BCUT2D eigenvalue weighted by Gasteiger charge is 2.05. The fraction of sp³-hybridized carbons (Fsp3) is 0.615. The summed E-state index contributed by atoms with van der Waals surface area (Å²) in [4.78, 5) is 4.17. The van der Waals surface area contributed by atoms with E-state index in [9.17, 15) is 0 Å². The van der Waals surface area contributed by atoms with Gasteiger partial charge in [-0.05, 0) is 50.4 Å². The summed E-state index contributed by atoms with van der Waals surface area (Å²) in [6.07, 6.45) is 8.70. The second-order valence-electron chi connectivity index (χ2n) is 4.12. The van der Waals surface area contributed by atoms with E-state index in [0.29, 0.717) is 6.04 Å². The minimum Gasteiger partial charge on any atom is -0.317 e. The monoisotopic (exact) mass is 206 g/mol. The van der Waals surface area contributed by atoms with Crippen LogP contribution in [0.1, 0.15) is 37.3 Å². The number of nitrogens with zero attached hydrogens (tertiary/aromatic N) is 1. The average Bonchev–Trinajstić information content (AvgIpc) is 2.26. The van der Waals surface area contributed by atoms with Crippen molar-refractivity contribution in [1.29, 1.82) is 0 Å². The SMILES string of the molecule is CCCC(CCc1cnccc1C)NC. The molecule has 0 aliphatic heterocycles. The number of aryl methyl sites for hydroxylation is 2. The molecular formula is C13H22N2. The highest BCUT2D eigenvalue weighted by molar-refractivity contribution is 5.21. The van der Waals surface area contributed by atoms with Crippen molar-refractivity contribution in [2.75, 3.05) is 7.05 Å². The Balaban J connectivity index is 2.45. The highest BCUT2D eigenvalue weighted by Crippen LogP contribution is 2.11. The minimum atomic E-state index is 0.648. The molecule has 1 aromatic heterocycles. The van der Waals surface area contributed by atoms with Crippen molar-refractivity contribution in [3.63, 3.8) is 0 Å². The summed E-state index contributed by atoms with van der Waals surface area (Å²) >= 11 is 0. The molecule has 0 saturated carbocycles. The molecule has 1 heterocycles. The zero-order valence-corrected chi connectivity index (χ0v) is 10.1. The quantitative estimate of drug-likeness (QED) is 0.774. The van der Waals surface area contributed by atoms with Crippen molar-refractivity contribution in [3.05, 3.63) is 29.6 Å². The Morgan fingerprint density at radius 1 is 1.40 bits per heavy atom. The largest absolute Gasteiger partial charge is 0.317 e. The van der Waals surface area contributed by atoms with E-state index in [1.807, 2.05) is 12.4 Å². The zero-order chi connectivity index (χ0) is 11.1. The third-order valence-electron chi connectivity index (χ3n) is 2.96. The number of rotatable bonds is 6. The van der Waals surface area contributed by atoms with Gasteiger partial charge in [-0.2, -0.15) is 0 Å². The van der Waals surface area contributed by atoms with Crippen LogP contribution >= 0.6 is 0 Å². The molecule has 0 radical (unpaired) electrons. The smallest absolute Gasteiger partial charge is 0.0302 e. The molecule has 0 spiro atoms. The van der Waals surface area contributed by atoms with Gasteiger partial charge in [0.15, 0.2) is 0 Å². The fourth-order valence-electron chi connectivity index (χ4n) is 1.87. The minimum absolute atomic E-state index is 0.648. The van der Waals surface area contributed by atoms with E-state index in [1.165, 1.54) is 30.4 Å².